The normalized spacial score (nSPS) is 11.3. The molecular weight excluding hydrogens is 281 g/mol. The average Bonchev–Trinajstić information content (AvgIpc) is 2.43. The third kappa shape index (κ3) is 3.15. The number of aliphatic hydroxyl groups excluding tert-OH is 1. The lowest BCUT2D eigenvalue weighted by Gasteiger charge is -2.09. The van der Waals surface area contributed by atoms with Crippen LogP contribution >= 0.6 is 0 Å². The molecule has 2 N–H and O–H groups in total. The van der Waals surface area contributed by atoms with Gasteiger partial charge in [-0.25, -0.2) is 12.8 Å². The number of aliphatic hydroxyl groups is 1. The van der Waals surface area contributed by atoms with Crippen molar-refractivity contribution in [3.63, 3.8) is 0 Å². The molecule has 2 aromatic carbocycles. The summed E-state index contributed by atoms with van der Waals surface area (Å²) in [6.45, 7) is 1.35. The van der Waals surface area contributed by atoms with E-state index in [0.29, 0.717) is 11.1 Å². The molecule has 0 aliphatic carbocycles. The first-order valence-corrected chi connectivity index (χ1v) is 7.39. The molecule has 0 saturated heterocycles. The number of nitrogens with one attached hydrogen (secondary N) is 1. The highest BCUT2D eigenvalue weighted by atomic mass is 32.2. The zero-order chi connectivity index (χ0) is 14.8. The van der Waals surface area contributed by atoms with Crippen molar-refractivity contribution < 1.29 is 17.9 Å². The van der Waals surface area contributed by atoms with E-state index < -0.39 is 15.8 Å². The Morgan fingerprint density at radius 2 is 1.95 bits per heavy atom. The molecule has 0 atom stereocenters. The SMILES string of the molecule is Cc1ccc(NS(=O)(=O)c2cccc(CO)c2)cc1F. The molecule has 4 nitrogen and oxygen atoms in total. The molecular formula is C14H14FNO3S. The maximum atomic E-state index is 13.4. The van der Waals surface area contributed by atoms with Crippen LogP contribution in [0.2, 0.25) is 0 Å². The second-order valence-corrected chi connectivity index (χ2v) is 6.06. The van der Waals surface area contributed by atoms with Crippen LogP contribution in [0.4, 0.5) is 10.1 Å². The molecule has 0 aliphatic rings. The van der Waals surface area contributed by atoms with E-state index in [1.807, 2.05) is 0 Å². The molecule has 20 heavy (non-hydrogen) atoms. The third-order valence-corrected chi connectivity index (χ3v) is 4.19. The van der Waals surface area contributed by atoms with Crippen LogP contribution < -0.4 is 4.72 Å². The number of benzene rings is 2. The number of hydrogen-bond acceptors (Lipinski definition) is 3. The highest BCUT2D eigenvalue weighted by Gasteiger charge is 2.15. The summed E-state index contributed by atoms with van der Waals surface area (Å²) >= 11 is 0. The van der Waals surface area contributed by atoms with Crippen LogP contribution in [0.1, 0.15) is 11.1 Å². The van der Waals surface area contributed by atoms with Gasteiger partial charge in [0.15, 0.2) is 0 Å². The molecule has 6 heteroatoms. The predicted octanol–water partition coefficient (Wildman–Crippen LogP) is 2.43. The molecule has 0 heterocycles. The fourth-order valence-electron chi connectivity index (χ4n) is 1.68. The maximum absolute atomic E-state index is 13.4. The van der Waals surface area contributed by atoms with Gasteiger partial charge in [-0.3, -0.25) is 4.72 Å². The van der Waals surface area contributed by atoms with Crippen LogP contribution in [0.5, 0.6) is 0 Å². The number of halogens is 1. The van der Waals surface area contributed by atoms with Gasteiger partial charge in [0.1, 0.15) is 5.82 Å². The maximum Gasteiger partial charge on any atom is 0.261 e. The van der Waals surface area contributed by atoms with E-state index in [1.165, 1.54) is 30.3 Å². The summed E-state index contributed by atoms with van der Waals surface area (Å²) in [7, 11) is -3.80. The van der Waals surface area contributed by atoms with Crippen LogP contribution in [-0.4, -0.2) is 13.5 Å². The van der Waals surface area contributed by atoms with Crippen molar-refractivity contribution in [2.45, 2.75) is 18.4 Å². The topological polar surface area (TPSA) is 66.4 Å². The summed E-state index contributed by atoms with van der Waals surface area (Å²) in [5.74, 6) is -0.477. The molecule has 2 rings (SSSR count). The van der Waals surface area contributed by atoms with Crippen LogP contribution in [0.25, 0.3) is 0 Å². The molecule has 0 unspecified atom stereocenters. The van der Waals surface area contributed by atoms with Gasteiger partial charge in [0.25, 0.3) is 10.0 Å². The van der Waals surface area contributed by atoms with E-state index in [2.05, 4.69) is 4.72 Å². The first kappa shape index (κ1) is 14.5. The predicted molar refractivity (Wildman–Crippen MR) is 74.3 cm³/mol. The van der Waals surface area contributed by atoms with Gasteiger partial charge >= 0.3 is 0 Å². The highest BCUT2D eigenvalue weighted by Crippen LogP contribution is 2.19. The number of sulfonamides is 1. The summed E-state index contributed by atoms with van der Waals surface area (Å²) < 4.78 is 40.0. The number of aryl methyl sites for hydroxylation is 1. The number of anilines is 1. The summed E-state index contributed by atoms with van der Waals surface area (Å²) in [5, 5.41) is 9.02. The summed E-state index contributed by atoms with van der Waals surface area (Å²) in [6, 6.07) is 10.0. The Bertz CT molecular complexity index is 729. The lowest BCUT2D eigenvalue weighted by molar-refractivity contribution is 0.281. The first-order valence-electron chi connectivity index (χ1n) is 5.91. The molecule has 106 valence electrons. The van der Waals surface area contributed by atoms with Crippen LogP contribution in [0.3, 0.4) is 0 Å². The fraction of sp³-hybridized carbons (Fsp3) is 0.143. The minimum absolute atomic E-state index is 0.0185. The Balaban J connectivity index is 2.32. The van der Waals surface area contributed by atoms with Crippen molar-refractivity contribution in [2.24, 2.45) is 0 Å². The van der Waals surface area contributed by atoms with Gasteiger partial charge in [0.2, 0.25) is 0 Å². The largest absolute Gasteiger partial charge is 0.392 e. The molecule has 0 spiro atoms. The van der Waals surface area contributed by atoms with Gasteiger partial charge in [-0.05, 0) is 42.3 Å². The van der Waals surface area contributed by atoms with Crippen molar-refractivity contribution in [3.05, 3.63) is 59.4 Å². The second-order valence-electron chi connectivity index (χ2n) is 4.37. The van der Waals surface area contributed by atoms with Gasteiger partial charge < -0.3 is 5.11 Å². The van der Waals surface area contributed by atoms with E-state index in [0.717, 1.165) is 6.07 Å². The smallest absolute Gasteiger partial charge is 0.261 e. The Morgan fingerprint density at radius 3 is 2.60 bits per heavy atom. The quantitative estimate of drug-likeness (QED) is 0.910. The molecule has 0 amide bonds. The van der Waals surface area contributed by atoms with E-state index in [9.17, 15) is 12.8 Å². The fourth-order valence-corrected chi connectivity index (χ4v) is 2.80. The lowest BCUT2D eigenvalue weighted by Crippen LogP contribution is -2.13. The molecule has 0 aliphatic heterocycles. The second kappa shape index (κ2) is 5.60. The molecule has 0 fully saturated rings. The minimum atomic E-state index is -3.80. The zero-order valence-corrected chi connectivity index (χ0v) is 11.6. The lowest BCUT2D eigenvalue weighted by atomic mass is 10.2. The van der Waals surface area contributed by atoms with Crippen LogP contribution in [-0.2, 0) is 16.6 Å². The van der Waals surface area contributed by atoms with E-state index in [1.54, 1.807) is 13.0 Å². The summed E-state index contributed by atoms with van der Waals surface area (Å²) in [4.78, 5) is 0.0185. The van der Waals surface area contributed by atoms with E-state index >= 15 is 0 Å². The van der Waals surface area contributed by atoms with Crippen molar-refractivity contribution in [1.82, 2.24) is 0 Å². The molecule has 2 aromatic rings. The Morgan fingerprint density at radius 1 is 1.20 bits per heavy atom. The Labute approximate surface area is 116 Å². The van der Waals surface area contributed by atoms with Crippen LogP contribution in [0, 0.1) is 12.7 Å². The standard InChI is InChI=1S/C14H14FNO3S/c1-10-5-6-12(8-14(10)15)16-20(18,19)13-4-2-3-11(7-13)9-17/h2-8,16-17H,9H2,1H3. The molecule has 0 bridgehead atoms. The highest BCUT2D eigenvalue weighted by molar-refractivity contribution is 7.92. The summed E-state index contributed by atoms with van der Waals surface area (Å²) in [6.07, 6.45) is 0. The number of rotatable bonds is 4. The van der Waals surface area contributed by atoms with E-state index in [-0.39, 0.29) is 17.2 Å². The molecule has 0 saturated carbocycles. The molecule has 0 aromatic heterocycles. The first-order chi connectivity index (χ1) is 9.42. The van der Waals surface area contributed by atoms with Crippen LogP contribution in [0.15, 0.2) is 47.4 Å². The van der Waals surface area contributed by atoms with Gasteiger partial charge in [0.05, 0.1) is 17.2 Å². The average molecular weight is 295 g/mol. The van der Waals surface area contributed by atoms with E-state index in [4.69, 9.17) is 5.11 Å². The van der Waals surface area contributed by atoms with Gasteiger partial charge in [-0.15, -0.1) is 0 Å². The van der Waals surface area contributed by atoms with Crippen molar-refractivity contribution in [1.29, 1.82) is 0 Å². The molecule has 0 radical (unpaired) electrons. The zero-order valence-electron chi connectivity index (χ0n) is 10.8. The third-order valence-electron chi connectivity index (χ3n) is 2.82. The summed E-state index contributed by atoms with van der Waals surface area (Å²) in [5.41, 5.74) is 1.08. The van der Waals surface area contributed by atoms with Crippen molar-refractivity contribution >= 4 is 15.7 Å². The Hall–Kier alpha value is -1.92. The number of hydrogen-bond donors (Lipinski definition) is 2. The van der Waals surface area contributed by atoms with Crippen molar-refractivity contribution in [2.75, 3.05) is 4.72 Å². The van der Waals surface area contributed by atoms with Crippen molar-refractivity contribution in [3.8, 4) is 0 Å². The monoisotopic (exact) mass is 295 g/mol. The Kier molecular flexibility index (Phi) is 4.06. The minimum Gasteiger partial charge on any atom is -0.392 e. The van der Waals surface area contributed by atoms with Gasteiger partial charge in [0, 0.05) is 0 Å². The van der Waals surface area contributed by atoms with Gasteiger partial charge in [-0.2, -0.15) is 0 Å². The van der Waals surface area contributed by atoms with Gasteiger partial charge in [-0.1, -0.05) is 18.2 Å².